The topological polar surface area (TPSA) is 36.7 Å². The summed E-state index contributed by atoms with van der Waals surface area (Å²) in [6, 6.07) is 27.1. The van der Waals surface area contributed by atoms with Crippen LogP contribution >= 0.6 is 15.9 Å². The Balaban J connectivity index is 1.36. The molecule has 0 radical (unpaired) electrons. The molecule has 3 aromatic carbocycles. The number of fused-ring (bicyclic) bond motifs is 1. The molecule has 0 saturated carbocycles. The summed E-state index contributed by atoms with van der Waals surface area (Å²) in [7, 11) is 0. The van der Waals surface area contributed by atoms with Crippen LogP contribution in [0.15, 0.2) is 87.8 Å². The quantitative estimate of drug-likeness (QED) is 0.350. The Labute approximate surface area is 196 Å². The van der Waals surface area contributed by atoms with Crippen molar-refractivity contribution in [1.82, 2.24) is 9.80 Å². The first kappa shape index (κ1) is 21.0. The van der Waals surface area contributed by atoms with Crippen molar-refractivity contribution in [1.29, 1.82) is 0 Å². The molecule has 1 saturated heterocycles. The Bertz CT molecular complexity index is 1230. The van der Waals surface area contributed by atoms with Crippen molar-refractivity contribution < 1.29 is 9.21 Å². The number of amides is 1. The van der Waals surface area contributed by atoms with Crippen molar-refractivity contribution >= 4 is 32.8 Å². The van der Waals surface area contributed by atoms with E-state index in [1.165, 1.54) is 11.1 Å². The van der Waals surface area contributed by atoms with Crippen molar-refractivity contribution in [2.45, 2.75) is 13.0 Å². The Morgan fingerprint density at radius 2 is 1.47 bits per heavy atom. The van der Waals surface area contributed by atoms with Crippen LogP contribution in [-0.2, 0) is 0 Å². The Hall–Kier alpha value is -2.89. The summed E-state index contributed by atoms with van der Waals surface area (Å²) in [5.74, 6) is 0.449. The number of rotatable bonds is 4. The third-order valence-electron chi connectivity index (χ3n) is 6.31. The van der Waals surface area contributed by atoms with Gasteiger partial charge in [0.05, 0.1) is 6.04 Å². The zero-order valence-corrected chi connectivity index (χ0v) is 19.6. The van der Waals surface area contributed by atoms with Gasteiger partial charge >= 0.3 is 0 Å². The fraction of sp³-hybridized carbons (Fsp3) is 0.222. The summed E-state index contributed by atoms with van der Waals surface area (Å²) in [6.45, 7) is 4.93. The van der Waals surface area contributed by atoms with Gasteiger partial charge in [0.15, 0.2) is 5.76 Å². The molecule has 162 valence electrons. The van der Waals surface area contributed by atoms with Crippen LogP contribution in [0.5, 0.6) is 0 Å². The average Bonchev–Trinajstić information content (AvgIpc) is 3.18. The summed E-state index contributed by atoms with van der Waals surface area (Å²) >= 11 is 3.54. The highest BCUT2D eigenvalue weighted by molar-refractivity contribution is 9.10. The predicted octanol–water partition coefficient (Wildman–Crippen LogP) is 6.05. The molecule has 5 rings (SSSR count). The second-order valence-corrected chi connectivity index (χ2v) is 9.16. The number of aryl methyl sites for hydroxylation is 1. The molecular weight excluding hydrogens is 464 g/mol. The van der Waals surface area contributed by atoms with Crippen molar-refractivity contribution in [2.75, 3.05) is 26.2 Å². The van der Waals surface area contributed by atoms with E-state index in [2.05, 4.69) is 75.4 Å². The monoisotopic (exact) mass is 488 g/mol. The molecule has 32 heavy (non-hydrogen) atoms. The largest absolute Gasteiger partial charge is 0.451 e. The van der Waals surface area contributed by atoms with E-state index in [1.807, 2.05) is 36.1 Å². The maximum Gasteiger partial charge on any atom is 0.289 e. The van der Waals surface area contributed by atoms with E-state index in [4.69, 9.17) is 4.42 Å². The molecule has 1 aliphatic rings. The van der Waals surface area contributed by atoms with Gasteiger partial charge in [0.1, 0.15) is 5.58 Å². The van der Waals surface area contributed by atoms with Crippen LogP contribution in [0.1, 0.15) is 33.3 Å². The number of carbonyl (C=O) groups is 1. The lowest BCUT2D eigenvalue weighted by atomic mass is 9.96. The highest BCUT2D eigenvalue weighted by atomic mass is 79.9. The summed E-state index contributed by atoms with van der Waals surface area (Å²) in [6.07, 6.45) is 0. The second-order valence-electron chi connectivity index (χ2n) is 8.25. The molecule has 1 aliphatic heterocycles. The molecular formula is C27H25BrN2O2. The van der Waals surface area contributed by atoms with E-state index in [1.54, 1.807) is 0 Å². The highest BCUT2D eigenvalue weighted by Crippen LogP contribution is 2.31. The molecule has 0 N–H and O–H groups in total. The van der Waals surface area contributed by atoms with Crippen molar-refractivity contribution in [3.05, 3.63) is 106 Å². The lowest BCUT2D eigenvalue weighted by molar-refractivity contribution is 0.0569. The Morgan fingerprint density at radius 3 is 2.16 bits per heavy atom. The molecule has 0 aliphatic carbocycles. The lowest BCUT2D eigenvalue weighted by Gasteiger charge is -2.39. The minimum Gasteiger partial charge on any atom is -0.451 e. The van der Waals surface area contributed by atoms with Crippen LogP contribution in [0.4, 0.5) is 0 Å². The fourth-order valence-corrected chi connectivity index (χ4v) is 4.86. The van der Waals surface area contributed by atoms with Crippen LogP contribution in [0, 0.1) is 6.92 Å². The van der Waals surface area contributed by atoms with E-state index < -0.39 is 0 Å². The van der Waals surface area contributed by atoms with Gasteiger partial charge in [0, 0.05) is 41.6 Å². The minimum absolute atomic E-state index is 0.0155. The van der Waals surface area contributed by atoms with Crippen LogP contribution in [-0.4, -0.2) is 41.9 Å². The van der Waals surface area contributed by atoms with E-state index in [0.717, 1.165) is 34.1 Å². The van der Waals surface area contributed by atoms with Gasteiger partial charge in [-0.15, -0.1) is 0 Å². The van der Waals surface area contributed by atoms with Gasteiger partial charge in [0.2, 0.25) is 0 Å². The molecule has 5 heteroatoms. The number of piperazine rings is 1. The first-order chi connectivity index (χ1) is 15.6. The Kier molecular flexibility index (Phi) is 5.85. The van der Waals surface area contributed by atoms with Gasteiger partial charge in [-0.05, 0) is 36.2 Å². The van der Waals surface area contributed by atoms with Crippen LogP contribution in [0.2, 0.25) is 0 Å². The molecule has 0 unspecified atom stereocenters. The lowest BCUT2D eigenvalue weighted by Crippen LogP contribution is -2.49. The number of nitrogens with zero attached hydrogens (tertiary/aromatic N) is 2. The normalized spacial score (nSPS) is 15.8. The Morgan fingerprint density at radius 1 is 0.844 bits per heavy atom. The second kappa shape index (κ2) is 8.93. The van der Waals surface area contributed by atoms with Gasteiger partial charge in [-0.1, -0.05) is 76.6 Å². The van der Waals surface area contributed by atoms with E-state index in [-0.39, 0.29) is 11.9 Å². The molecule has 2 heterocycles. The number of benzene rings is 3. The first-order valence-corrected chi connectivity index (χ1v) is 11.7. The summed E-state index contributed by atoms with van der Waals surface area (Å²) < 4.78 is 7.00. The maximum absolute atomic E-state index is 13.3. The molecule has 1 aromatic heterocycles. The molecule has 1 atom stereocenters. The maximum atomic E-state index is 13.3. The van der Waals surface area contributed by atoms with Crippen LogP contribution in [0.3, 0.4) is 0 Å². The van der Waals surface area contributed by atoms with Crippen LogP contribution < -0.4 is 0 Å². The number of furan rings is 1. The highest BCUT2D eigenvalue weighted by Gasteiger charge is 2.30. The van der Waals surface area contributed by atoms with Crippen LogP contribution in [0.25, 0.3) is 11.0 Å². The molecule has 4 aromatic rings. The number of carbonyl (C=O) groups excluding carboxylic acids is 1. The van der Waals surface area contributed by atoms with Gasteiger partial charge in [-0.2, -0.15) is 0 Å². The minimum atomic E-state index is -0.0155. The standard InChI is InChI=1S/C27H25BrN2O2/c1-19-23-9-5-6-10-24(23)32-26(19)27(31)30-17-15-29(16-18-30)25(20-7-3-2-4-8-20)21-11-13-22(28)14-12-21/h2-14,25H,15-18H2,1H3/t25-/m1/s1. The number of hydrogen-bond donors (Lipinski definition) is 0. The van der Waals surface area contributed by atoms with Crippen molar-refractivity contribution in [2.24, 2.45) is 0 Å². The first-order valence-electron chi connectivity index (χ1n) is 10.9. The summed E-state index contributed by atoms with van der Waals surface area (Å²) in [5, 5.41) is 1.01. The fourth-order valence-electron chi connectivity index (χ4n) is 4.60. The number of hydrogen-bond acceptors (Lipinski definition) is 3. The number of para-hydroxylation sites is 1. The van der Waals surface area contributed by atoms with Gasteiger partial charge in [-0.3, -0.25) is 9.69 Å². The molecule has 1 amide bonds. The third kappa shape index (κ3) is 3.98. The summed E-state index contributed by atoms with van der Waals surface area (Å²) in [4.78, 5) is 17.6. The number of halogens is 1. The van der Waals surface area contributed by atoms with Gasteiger partial charge < -0.3 is 9.32 Å². The SMILES string of the molecule is Cc1c(C(=O)N2CCN([C@H](c3ccccc3)c3ccc(Br)cc3)CC2)oc2ccccc12. The third-order valence-corrected chi connectivity index (χ3v) is 6.83. The zero-order valence-electron chi connectivity index (χ0n) is 18.0. The molecule has 4 nitrogen and oxygen atoms in total. The molecule has 1 fully saturated rings. The molecule has 0 bridgehead atoms. The molecule has 0 spiro atoms. The van der Waals surface area contributed by atoms with Crippen molar-refractivity contribution in [3.63, 3.8) is 0 Å². The smallest absolute Gasteiger partial charge is 0.289 e. The average molecular weight is 489 g/mol. The predicted molar refractivity (Wildman–Crippen MR) is 131 cm³/mol. The zero-order chi connectivity index (χ0) is 22.1. The van der Waals surface area contributed by atoms with E-state index in [0.29, 0.717) is 18.8 Å². The summed E-state index contributed by atoms with van der Waals surface area (Å²) in [5.41, 5.74) is 4.21. The van der Waals surface area contributed by atoms with E-state index in [9.17, 15) is 4.79 Å². The van der Waals surface area contributed by atoms with Gasteiger partial charge in [0.25, 0.3) is 5.91 Å². The van der Waals surface area contributed by atoms with E-state index >= 15 is 0 Å². The van der Waals surface area contributed by atoms with Crippen molar-refractivity contribution in [3.8, 4) is 0 Å². The van der Waals surface area contributed by atoms with Gasteiger partial charge in [-0.25, -0.2) is 0 Å².